The van der Waals surface area contributed by atoms with Gasteiger partial charge < -0.3 is 5.73 Å². The first-order valence-corrected chi connectivity index (χ1v) is 7.68. The van der Waals surface area contributed by atoms with E-state index in [4.69, 9.17) is 5.73 Å². The van der Waals surface area contributed by atoms with Crippen molar-refractivity contribution in [2.75, 3.05) is 20.1 Å². The number of nitrogens with two attached hydrogens (primary N) is 1. The Morgan fingerprint density at radius 1 is 1.35 bits per heavy atom. The first kappa shape index (κ1) is 15.2. The summed E-state index contributed by atoms with van der Waals surface area (Å²) in [5.41, 5.74) is 8.00. The van der Waals surface area contributed by atoms with Crippen LogP contribution < -0.4 is 5.73 Å². The molecule has 0 amide bonds. The number of likely N-dealkylation sites (N-methyl/N-ethyl adjacent to an activating group) is 1. The first-order chi connectivity index (χ1) is 9.61. The van der Waals surface area contributed by atoms with Crippen molar-refractivity contribution >= 4 is 11.3 Å². The average molecular weight is 292 g/mol. The molecule has 1 unspecified atom stereocenters. The SMILES string of the molecule is Cc1cc(F)ccc1C(CN)N(C)CCc1cccs1. The van der Waals surface area contributed by atoms with Crippen LogP contribution in [-0.4, -0.2) is 25.0 Å². The molecule has 2 rings (SSSR count). The molecule has 0 fully saturated rings. The molecule has 0 aliphatic rings. The monoisotopic (exact) mass is 292 g/mol. The quantitative estimate of drug-likeness (QED) is 0.884. The highest BCUT2D eigenvalue weighted by molar-refractivity contribution is 7.09. The van der Waals surface area contributed by atoms with E-state index in [0.29, 0.717) is 6.54 Å². The minimum absolute atomic E-state index is 0.135. The molecule has 1 heterocycles. The average Bonchev–Trinajstić information content (AvgIpc) is 2.93. The fourth-order valence-corrected chi connectivity index (χ4v) is 3.15. The lowest BCUT2D eigenvalue weighted by atomic mass is 10.00. The molecule has 108 valence electrons. The van der Waals surface area contributed by atoms with E-state index in [9.17, 15) is 4.39 Å². The van der Waals surface area contributed by atoms with Gasteiger partial charge in [0.05, 0.1) is 0 Å². The molecule has 2 nitrogen and oxygen atoms in total. The van der Waals surface area contributed by atoms with Crippen molar-refractivity contribution in [2.24, 2.45) is 5.73 Å². The van der Waals surface area contributed by atoms with Crippen molar-refractivity contribution in [3.05, 3.63) is 57.5 Å². The highest BCUT2D eigenvalue weighted by atomic mass is 32.1. The lowest BCUT2D eigenvalue weighted by molar-refractivity contribution is 0.253. The first-order valence-electron chi connectivity index (χ1n) is 6.80. The molecule has 0 spiro atoms. The Labute approximate surface area is 124 Å². The van der Waals surface area contributed by atoms with Crippen LogP contribution in [0, 0.1) is 12.7 Å². The summed E-state index contributed by atoms with van der Waals surface area (Å²) >= 11 is 1.78. The van der Waals surface area contributed by atoms with Gasteiger partial charge in [-0.3, -0.25) is 4.90 Å². The van der Waals surface area contributed by atoms with E-state index in [0.717, 1.165) is 24.1 Å². The molecule has 1 aromatic carbocycles. The lowest BCUT2D eigenvalue weighted by Crippen LogP contribution is -2.32. The van der Waals surface area contributed by atoms with Gasteiger partial charge >= 0.3 is 0 Å². The van der Waals surface area contributed by atoms with Crippen molar-refractivity contribution in [3.63, 3.8) is 0 Å². The number of thiophene rings is 1. The molecule has 0 radical (unpaired) electrons. The van der Waals surface area contributed by atoms with E-state index in [1.807, 2.05) is 13.0 Å². The number of hydrogen-bond acceptors (Lipinski definition) is 3. The highest BCUT2D eigenvalue weighted by Gasteiger charge is 2.17. The third kappa shape index (κ3) is 3.66. The van der Waals surface area contributed by atoms with E-state index < -0.39 is 0 Å². The molecular weight excluding hydrogens is 271 g/mol. The van der Waals surface area contributed by atoms with Gasteiger partial charge in [0.1, 0.15) is 5.82 Å². The van der Waals surface area contributed by atoms with E-state index >= 15 is 0 Å². The number of aryl methyl sites for hydroxylation is 1. The Morgan fingerprint density at radius 2 is 2.15 bits per heavy atom. The topological polar surface area (TPSA) is 29.3 Å². The zero-order valence-electron chi connectivity index (χ0n) is 12.0. The van der Waals surface area contributed by atoms with Crippen molar-refractivity contribution in [2.45, 2.75) is 19.4 Å². The summed E-state index contributed by atoms with van der Waals surface area (Å²) in [7, 11) is 2.08. The van der Waals surface area contributed by atoms with Gasteiger partial charge in [0.2, 0.25) is 0 Å². The normalized spacial score (nSPS) is 12.8. The number of hydrogen-bond donors (Lipinski definition) is 1. The summed E-state index contributed by atoms with van der Waals surface area (Å²) in [6.07, 6.45) is 1.02. The number of rotatable bonds is 6. The zero-order chi connectivity index (χ0) is 14.5. The van der Waals surface area contributed by atoms with Gasteiger partial charge in [-0.15, -0.1) is 11.3 Å². The largest absolute Gasteiger partial charge is 0.329 e. The third-order valence-corrected chi connectivity index (χ3v) is 4.57. The molecule has 4 heteroatoms. The second-order valence-electron chi connectivity index (χ2n) is 5.06. The van der Waals surface area contributed by atoms with Crippen molar-refractivity contribution < 1.29 is 4.39 Å². The maximum Gasteiger partial charge on any atom is 0.123 e. The summed E-state index contributed by atoms with van der Waals surface area (Å²) in [5, 5.41) is 2.10. The van der Waals surface area contributed by atoms with Crippen LogP contribution in [-0.2, 0) is 6.42 Å². The van der Waals surface area contributed by atoms with Crippen LogP contribution in [0.15, 0.2) is 35.7 Å². The Hall–Kier alpha value is -1.23. The van der Waals surface area contributed by atoms with Crippen molar-refractivity contribution in [3.8, 4) is 0 Å². The predicted molar refractivity (Wildman–Crippen MR) is 83.6 cm³/mol. The molecule has 0 bridgehead atoms. The minimum Gasteiger partial charge on any atom is -0.329 e. The van der Waals surface area contributed by atoms with Gasteiger partial charge in [0, 0.05) is 24.0 Å². The molecule has 0 saturated heterocycles. The summed E-state index contributed by atoms with van der Waals surface area (Å²) in [6, 6.07) is 9.30. The maximum atomic E-state index is 13.2. The fraction of sp³-hybridized carbons (Fsp3) is 0.375. The Morgan fingerprint density at radius 3 is 2.75 bits per heavy atom. The van der Waals surface area contributed by atoms with Gasteiger partial charge in [0.15, 0.2) is 0 Å². The number of nitrogens with zero attached hydrogens (tertiary/aromatic N) is 1. The Bertz CT molecular complexity index is 539. The Balaban J connectivity index is 2.06. The molecule has 0 aliphatic heterocycles. The number of benzene rings is 1. The number of halogens is 1. The van der Waals surface area contributed by atoms with Gasteiger partial charge in [0.25, 0.3) is 0 Å². The van der Waals surface area contributed by atoms with Crippen LogP contribution in [0.2, 0.25) is 0 Å². The van der Waals surface area contributed by atoms with Gasteiger partial charge in [-0.05, 0) is 55.1 Å². The van der Waals surface area contributed by atoms with Gasteiger partial charge in [-0.25, -0.2) is 4.39 Å². The summed E-state index contributed by atoms with van der Waals surface area (Å²) in [4.78, 5) is 3.63. The molecule has 0 saturated carbocycles. The standard InChI is InChI=1S/C16H21FN2S/c1-12-10-13(17)5-6-15(12)16(11-18)19(2)8-7-14-4-3-9-20-14/h3-6,9-10,16H,7-8,11,18H2,1-2H3. The molecule has 2 N–H and O–H groups in total. The van der Waals surface area contributed by atoms with Crippen LogP contribution in [0.5, 0.6) is 0 Å². The lowest BCUT2D eigenvalue weighted by Gasteiger charge is -2.28. The van der Waals surface area contributed by atoms with Crippen molar-refractivity contribution in [1.82, 2.24) is 4.90 Å². The van der Waals surface area contributed by atoms with Gasteiger partial charge in [-0.2, -0.15) is 0 Å². The molecule has 20 heavy (non-hydrogen) atoms. The van der Waals surface area contributed by atoms with E-state index in [-0.39, 0.29) is 11.9 Å². The summed E-state index contributed by atoms with van der Waals surface area (Å²) in [5.74, 6) is -0.191. The second-order valence-corrected chi connectivity index (χ2v) is 6.09. The van der Waals surface area contributed by atoms with Crippen LogP contribution in [0.3, 0.4) is 0 Å². The third-order valence-electron chi connectivity index (χ3n) is 3.64. The van der Waals surface area contributed by atoms with Crippen LogP contribution in [0.1, 0.15) is 22.0 Å². The predicted octanol–water partition coefficient (Wildman–Crippen LogP) is 3.37. The second kappa shape index (κ2) is 6.97. The minimum atomic E-state index is -0.191. The fourth-order valence-electron chi connectivity index (χ4n) is 2.45. The summed E-state index contributed by atoms with van der Waals surface area (Å²) < 4.78 is 13.2. The van der Waals surface area contributed by atoms with Crippen molar-refractivity contribution in [1.29, 1.82) is 0 Å². The summed E-state index contributed by atoms with van der Waals surface area (Å²) in [6.45, 7) is 3.42. The highest BCUT2D eigenvalue weighted by Crippen LogP contribution is 2.23. The van der Waals surface area contributed by atoms with Crippen LogP contribution >= 0.6 is 11.3 Å². The van der Waals surface area contributed by atoms with E-state index in [1.54, 1.807) is 17.4 Å². The molecular formula is C16H21FN2S. The maximum absolute atomic E-state index is 13.2. The van der Waals surface area contributed by atoms with Crippen LogP contribution in [0.25, 0.3) is 0 Å². The molecule has 2 aromatic rings. The van der Waals surface area contributed by atoms with Crippen LogP contribution in [0.4, 0.5) is 4.39 Å². The molecule has 0 aliphatic carbocycles. The molecule has 1 atom stereocenters. The zero-order valence-corrected chi connectivity index (χ0v) is 12.8. The smallest absolute Gasteiger partial charge is 0.123 e. The van der Waals surface area contributed by atoms with E-state index in [1.165, 1.54) is 10.9 Å². The molecule has 1 aromatic heterocycles. The van der Waals surface area contributed by atoms with E-state index in [2.05, 4.69) is 29.5 Å². The van der Waals surface area contributed by atoms with Gasteiger partial charge in [-0.1, -0.05) is 12.1 Å². The Kier molecular flexibility index (Phi) is 5.29.